The van der Waals surface area contributed by atoms with Crippen molar-refractivity contribution in [2.75, 3.05) is 24.9 Å². The van der Waals surface area contributed by atoms with E-state index in [-0.39, 0.29) is 11.8 Å². The van der Waals surface area contributed by atoms with Gasteiger partial charge in [0.1, 0.15) is 11.4 Å². The number of nitrogens with zero attached hydrogens (tertiary/aromatic N) is 2. The number of hydrogen-bond acceptors (Lipinski definition) is 6. The molecule has 0 saturated heterocycles. The first-order valence-electron chi connectivity index (χ1n) is 11.7. The smallest absolute Gasteiger partial charge is 0.265 e. The van der Waals surface area contributed by atoms with E-state index in [1.807, 2.05) is 36.4 Å². The van der Waals surface area contributed by atoms with Gasteiger partial charge in [-0.3, -0.25) is 14.3 Å². The molecule has 9 heteroatoms. The summed E-state index contributed by atoms with van der Waals surface area (Å²) in [5.41, 5.74) is 3.65. The van der Waals surface area contributed by atoms with Crippen LogP contribution >= 0.6 is 0 Å². The maximum atomic E-state index is 13.5. The molecule has 9 nitrogen and oxygen atoms in total. The molecule has 37 heavy (non-hydrogen) atoms. The van der Waals surface area contributed by atoms with Crippen molar-refractivity contribution in [2.45, 2.75) is 19.6 Å². The lowest BCUT2D eigenvalue weighted by atomic mass is 10.1. The predicted molar refractivity (Wildman–Crippen MR) is 139 cm³/mol. The van der Waals surface area contributed by atoms with Crippen LogP contribution in [0.4, 0.5) is 11.4 Å². The number of carbonyl (C=O) groups is 2. The molecule has 0 saturated carbocycles. The van der Waals surface area contributed by atoms with Gasteiger partial charge in [0, 0.05) is 17.4 Å². The number of ether oxygens (including phenoxy) is 3. The van der Waals surface area contributed by atoms with Crippen molar-refractivity contribution in [2.24, 2.45) is 0 Å². The van der Waals surface area contributed by atoms with Crippen molar-refractivity contribution < 1.29 is 23.8 Å². The SMILES string of the molecule is COc1ccc(-c2nn(Cc3ccccc3)cc2C(=O)Nc2ccc3c(c2)NC(=O)C(C)O3)cc1OC. The van der Waals surface area contributed by atoms with Crippen molar-refractivity contribution in [3.63, 3.8) is 0 Å². The molecule has 0 radical (unpaired) electrons. The van der Waals surface area contributed by atoms with Gasteiger partial charge in [-0.2, -0.15) is 5.10 Å². The molecular formula is C28H26N4O5. The quantitative estimate of drug-likeness (QED) is 0.386. The van der Waals surface area contributed by atoms with Crippen LogP contribution in [0, 0.1) is 0 Å². The maximum absolute atomic E-state index is 13.5. The summed E-state index contributed by atoms with van der Waals surface area (Å²) in [6, 6.07) is 20.4. The molecule has 0 aliphatic carbocycles. The van der Waals surface area contributed by atoms with Gasteiger partial charge in [0.05, 0.1) is 32.0 Å². The van der Waals surface area contributed by atoms with E-state index in [1.54, 1.807) is 62.4 Å². The minimum atomic E-state index is -0.576. The average Bonchev–Trinajstić information content (AvgIpc) is 3.33. The summed E-state index contributed by atoms with van der Waals surface area (Å²) in [5.74, 6) is 1.07. The van der Waals surface area contributed by atoms with E-state index in [4.69, 9.17) is 19.3 Å². The summed E-state index contributed by atoms with van der Waals surface area (Å²) in [6.45, 7) is 2.17. The van der Waals surface area contributed by atoms with Gasteiger partial charge in [-0.05, 0) is 48.9 Å². The molecule has 0 spiro atoms. The van der Waals surface area contributed by atoms with Crippen molar-refractivity contribution in [3.8, 4) is 28.5 Å². The molecule has 4 aromatic rings. The van der Waals surface area contributed by atoms with E-state index >= 15 is 0 Å². The Morgan fingerprint density at radius 2 is 1.84 bits per heavy atom. The second-order valence-electron chi connectivity index (χ2n) is 8.56. The van der Waals surface area contributed by atoms with Gasteiger partial charge in [0.15, 0.2) is 17.6 Å². The van der Waals surface area contributed by atoms with Crippen LogP contribution in [0.15, 0.2) is 72.9 Å². The van der Waals surface area contributed by atoms with Crippen LogP contribution in [0.25, 0.3) is 11.3 Å². The Kier molecular flexibility index (Phi) is 6.51. The molecule has 2 amide bonds. The molecule has 1 unspecified atom stereocenters. The maximum Gasteiger partial charge on any atom is 0.265 e. The van der Waals surface area contributed by atoms with Crippen LogP contribution in [0.2, 0.25) is 0 Å². The zero-order valence-electron chi connectivity index (χ0n) is 20.6. The molecule has 2 heterocycles. The third-order valence-electron chi connectivity index (χ3n) is 6.02. The van der Waals surface area contributed by atoms with E-state index in [1.165, 1.54) is 0 Å². The van der Waals surface area contributed by atoms with Crippen LogP contribution in [0.5, 0.6) is 17.2 Å². The lowest BCUT2D eigenvalue weighted by Gasteiger charge is -2.23. The molecule has 1 atom stereocenters. The minimum absolute atomic E-state index is 0.242. The summed E-state index contributed by atoms with van der Waals surface area (Å²) >= 11 is 0. The second kappa shape index (κ2) is 10.1. The molecule has 0 fully saturated rings. The number of carbonyl (C=O) groups excluding carboxylic acids is 2. The van der Waals surface area contributed by atoms with Gasteiger partial charge in [0.2, 0.25) is 0 Å². The van der Waals surface area contributed by atoms with E-state index in [0.717, 1.165) is 5.56 Å². The fourth-order valence-corrected chi connectivity index (χ4v) is 4.12. The molecule has 188 valence electrons. The third-order valence-corrected chi connectivity index (χ3v) is 6.02. The molecular weight excluding hydrogens is 472 g/mol. The number of methoxy groups -OCH3 is 2. The van der Waals surface area contributed by atoms with E-state index in [0.29, 0.717) is 52.0 Å². The first-order chi connectivity index (χ1) is 17.9. The Balaban J connectivity index is 1.49. The van der Waals surface area contributed by atoms with Gasteiger partial charge in [-0.1, -0.05) is 30.3 Å². The van der Waals surface area contributed by atoms with Gasteiger partial charge in [-0.25, -0.2) is 0 Å². The van der Waals surface area contributed by atoms with Crippen molar-refractivity contribution >= 4 is 23.2 Å². The molecule has 3 aromatic carbocycles. The summed E-state index contributed by atoms with van der Waals surface area (Å²) < 4.78 is 18.2. The normalized spacial score (nSPS) is 14.2. The van der Waals surface area contributed by atoms with Crippen LogP contribution in [-0.2, 0) is 11.3 Å². The fraction of sp³-hybridized carbons (Fsp3) is 0.179. The molecule has 1 aromatic heterocycles. The summed E-state index contributed by atoms with van der Waals surface area (Å²) in [5, 5.41) is 10.5. The largest absolute Gasteiger partial charge is 0.493 e. The number of benzene rings is 3. The number of aromatic nitrogens is 2. The lowest BCUT2D eigenvalue weighted by Crippen LogP contribution is -2.34. The Bertz CT molecular complexity index is 1460. The molecule has 1 aliphatic heterocycles. The Hall–Kier alpha value is -4.79. The standard InChI is InChI=1S/C28H26N4O5/c1-17-27(33)30-22-14-20(10-12-23(22)37-17)29-28(34)21-16-32(15-18-7-5-4-6-8-18)31-26(21)19-9-11-24(35-2)25(13-19)36-3/h4-14,16-17H,15H2,1-3H3,(H,29,34)(H,30,33). The number of fused-ring (bicyclic) bond motifs is 1. The fourth-order valence-electron chi connectivity index (χ4n) is 4.12. The van der Waals surface area contributed by atoms with Gasteiger partial charge >= 0.3 is 0 Å². The zero-order valence-corrected chi connectivity index (χ0v) is 20.6. The minimum Gasteiger partial charge on any atom is -0.493 e. The Morgan fingerprint density at radius 3 is 2.59 bits per heavy atom. The van der Waals surface area contributed by atoms with Crippen molar-refractivity contribution in [1.29, 1.82) is 0 Å². The molecule has 5 rings (SSSR count). The van der Waals surface area contributed by atoms with Crippen LogP contribution in [0.3, 0.4) is 0 Å². The first-order valence-corrected chi connectivity index (χ1v) is 11.7. The Labute approximate surface area is 214 Å². The molecule has 0 bridgehead atoms. The van der Waals surface area contributed by atoms with Gasteiger partial charge < -0.3 is 24.8 Å². The topological polar surface area (TPSA) is 104 Å². The highest BCUT2D eigenvalue weighted by Gasteiger charge is 2.25. The van der Waals surface area contributed by atoms with Crippen LogP contribution in [0.1, 0.15) is 22.8 Å². The first kappa shape index (κ1) is 23.9. The van der Waals surface area contributed by atoms with Crippen molar-refractivity contribution in [3.05, 3.63) is 84.1 Å². The Morgan fingerprint density at radius 1 is 1.05 bits per heavy atom. The molecule has 2 N–H and O–H groups in total. The zero-order chi connectivity index (χ0) is 25.9. The van der Waals surface area contributed by atoms with E-state index in [2.05, 4.69) is 10.6 Å². The second-order valence-corrected chi connectivity index (χ2v) is 8.56. The van der Waals surface area contributed by atoms with E-state index in [9.17, 15) is 9.59 Å². The third kappa shape index (κ3) is 4.97. The summed E-state index contributed by atoms with van der Waals surface area (Å²) in [4.78, 5) is 25.5. The van der Waals surface area contributed by atoms with Gasteiger partial charge in [-0.15, -0.1) is 0 Å². The summed E-state index contributed by atoms with van der Waals surface area (Å²) in [6.07, 6.45) is 1.15. The van der Waals surface area contributed by atoms with Crippen LogP contribution in [-0.4, -0.2) is 41.9 Å². The van der Waals surface area contributed by atoms with Crippen molar-refractivity contribution in [1.82, 2.24) is 9.78 Å². The summed E-state index contributed by atoms with van der Waals surface area (Å²) in [7, 11) is 3.13. The average molecular weight is 499 g/mol. The highest BCUT2D eigenvalue weighted by Crippen LogP contribution is 2.35. The number of anilines is 2. The number of nitrogens with one attached hydrogen (secondary N) is 2. The number of hydrogen-bond donors (Lipinski definition) is 2. The predicted octanol–water partition coefficient (Wildman–Crippen LogP) is 4.59. The monoisotopic (exact) mass is 498 g/mol. The van der Waals surface area contributed by atoms with Gasteiger partial charge in [0.25, 0.3) is 11.8 Å². The van der Waals surface area contributed by atoms with E-state index < -0.39 is 6.10 Å². The number of rotatable bonds is 7. The molecule has 1 aliphatic rings. The van der Waals surface area contributed by atoms with Crippen LogP contribution < -0.4 is 24.8 Å². The number of amides is 2. The highest BCUT2D eigenvalue weighted by molar-refractivity contribution is 6.08. The lowest BCUT2D eigenvalue weighted by molar-refractivity contribution is -0.122. The highest BCUT2D eigenvalue weighted by atomic mass is 16.5.